The Morgan fingerprint density at radius 3 is 1.79 bits per heavy atom. The van der Waals surface area contributed by atoms with E-state index in [1.807, 2.05) is 4.99 Å². The summed E-state index contributed by atoms with van der Waals surface area (Å²) in [5, 5.41) is 0. The first-order chi connectivity index (χ1) is 6.91. The molecule has 0 nitrogen and oxygen atoms in total. The van der Waals surface area contributed by atoms with Gasteiger partial charge in [-0.3, -0.25) is 0 Å². The molecule has 14 heavy (non-hydrogen) atoms. The van der Waals surface area contributed by atoms with Crippen LogP contribution in [0.25, 0.3) is 0 Å². The molecule has 0 spiro atoms. The number of halogens is 1. The minimum Gasteiger partial charge on any atom is -0.0776 e. The average molecular weight is 261 g/mol. The van der Waals surface area contributed by atoms with Crippen molar-refractivity contribution in [1.29, 1.82) is 0 Å². The molecule has 0 aliphatic rings. The van der Waals surface area contributed by atoms with E-state index in [2.05, 4.69) is 28.9 Å². The second-order valence-electron chi connectivity index (χ2n) is 3.98. The molecule has 0 radical (unpaired) electrons. The van der Waals surface area contributed by atoms with Gasteiger partial charge in [0.15, 0.2) is 0 Å². The largest absolute Gasteiger partial charge is 0.0776 e. The molecule has 0 atom stereocenters. The SMILES string of the molecule is CCCCCCCCCCC/C=C/Br. The first-order valence-corrected chi connectivity index (χ1v) is 7.08. The standard InChI is InChI=1S/C13H25Br/c1-2-3-4-5-6-7-8-9-10-11-12-13-14/h12-13H,2-11H2,1H3/b13-12+. The maximum absolute atomic E-state index is 3.29. The van der Waals surface area contributed by atoms with Crippen LogP contribution in [0.5, 0.6) is 0 Å². The van der Waals surface area contributed by atoms with Gasteiger partial charge in [-0.05, 0) is 17.8 Å². The Hall–Kier alpha value is 0.220. The van der Waals surface area contributed by atoms with Crippen molar-refractivity contribution < 1.29 is 0 Å². The third-order valence-electron chi connectivity index (χ3n) is 2.56. The van der Waals surface area contributed by atoms with Crippen LogP contribution in [0.3, 0.4) is 0 Å². The van der Waals surface area contributed by atoms with E-state index < -0.39 is 0 Å². The van der Waals surface area contributed by atoms with Gasteiger partial charge in [-0.15, -0.1) is 0 Å². The highest BCUT2D eigenvalue weighted by Crippen LogP contribution is 2.10. The Labute approximate surface area is 98.3 Å². The number of hydrogen-bond donors (Lipinski definition) is 0. The van der Waals surface area contributed by atoms with Gasteiger partial charge in [0.05, 0.1) is 0 Å². The molecule has 0 aromatic rings. The van der Waals surface area contributed by atoms with E-state index in [9.17, 15) is 0 Å². The molecule has 0 saturated heterocycles. The van der Waals surface area contributed by atoms with Crippen molar-refractivity contribution in [2.45, 2.75) is 71.1 Å². The Bertz CT molecular complexity index is 118. The molecule has 1 heteroatoms. The summed E-state index contributed by atoms with van der Waals surface area (Å²) in [6, 6.07) is 0. The van der Waals surface area contributed by atoms with Gasteiger partial charge in [-0.25, -0.2) is 0 Å². The molecule has 0 heterocycles. The molecule has 0 amide bonds. The minimum absolute atomic E-state index is 1.24. The van der Waals surface area contributed by atoms with Crippen LogP contribution < -0.4 is 0 Å². The van der Waals surface area contributed by atoms with Gasteiger partial charge in [0.25, 0.3) is 0 Å². The van der Waals surface area contributed by atoms with E-state index >= 15 is 0 Å². The van der Waals surface area contributed by atoms with Crippen molar-refractivity contribution in [3.8, 4) is 0 Å². The molecule has 0 bridgehead atoms. The molecule has 0 aromatic carbocycles. The van der Waals surface area contributed by atoms with Crippen LogP contribution in [0.2, 0.25) is 0 Å². The van der Waals surface area contributed by atoms with Crippen molar-refractivity contribution >= 4 is 15.9 Å². The predicted molar refractivity (Wildman–Crippen MR) is 69.9 cm³/mol. The predicted octanol–water partition coefficient (Wildman–Crippen LogP) is 5.82. The Morgan fingerprint density at radius 1 is 0.786 bits per heavy atom. The highest BCUT2D eigenvalue weighted by molar-refractivity contribution is 9.11. The first kappa shape index (κ1) is 14.2. The van der Waals surface area contributed by atoms with Crippen LogP contribution in [0.4, 0.5) is 0 Å². The summed E-state index contributed by atoms with van der Waals surface area (Å²) in [6.07, 6.45) is 16.2. The van der Waals surface area contributed by atoms with E-state index in [0.717, 1.165) is 0 Å². The van der Waals surface area contributed by atoms with Gasteiger partial charge in [0.1, 0.15) is 0 Å². The second-order valence-corrected chi connectivity index (χ2v) is 4.51. The van der Waals surface area contributed by atoms with Crippen molar-refractivity contribution in [2.24, 2.45) is 0 Å². The van der Waals surface area contributed by atoms with Crippen LogP contribution in [-0.4, -0.2) is 0 Å². The molecule has 0 aromatic heterocycles. The number of rotatable bonds is 10. The highest BCUT2D eigenvalue weighted by Gasteiger charge is 1.90. The molecule has 0 unspecified atom stereocenters. The number of hydrogen-bond acceptors (Lipinski definition) is 0. The second kappa shape index (κ2) is 13.2. The zero-order chi connectivity index (χ0) is 10.5. The smallest absolute Gasteiger partial charge is 0.0229 e. The fourth-order valence-electron chi connectivity index (χ4n) is 1.64. The monoisotopic (exact) mass is 260 g/mol. The summed E-state index contributed by atoms with van der Waals surface area (Å²) in [5.74, 6) is 0. The fourth-order valence-corrected chi connectivity index (χ4v) is 1.90. The molecular weight excluding hydrogens is 236 g/mol. The molecule has 84 valence electrons. The van der Waals surface area contributed by atoms with E-state index in [0.29, 0.717) is 0 Å². The third-order valence-corrected chi connectivity index (χ3v) is 2.94. The first-order valence-electron chi connectivity index (χ1n) is 6.17. The molecule has 0 fully saturated rings. The average Bonchev–Trinajstić information content (AvgIpc) is 2.21. The lowest BCUT2D eigenvalue weighted by Crippen LogP contribution is -1.80. The molecule has 0 aliphatic carbocycles. The van der Waals surface area contributed by atoms with Crippen LogP contribution in [0.15, 0.2) is 11.1 Å². The van der Waals surface area contributed by atoms with Gasteiger partial charge in [0.2, 0.25) is 0 Å². The van der Waals surface area contributed by atoms with Crippen LogP contribution in [-0.2, 0) is 0 Å². The number of allylic oxidation sites excluding steroid dienone is 1. The normalized spacial score (nSPS) is 11.3. The lowest BCUT2D eigenvalue weighted by atomic mass is 10.1. The van der Waals surface area contributed by atoms with Gasteiger partial charge in [-0.2, -0.15) is 0 Å². The van der Waals surface area contributed by atoms with Gasteiger partial charge in [0, 0.05) is 0 Å². The summed E-state index contributed by atoms with van der Waals surface area (Å²) >= 11 is 3.29. The van der Waals surface area contributed by atoms with E-state index in [1.54, 1.807) is 0 Å². The Morgan fingerprint density at radius 2 is 1.29 bits per heavy atom. The van der Waals surface area contributed by atoms with Crippen molar-refractivity contribution in [1.82, 2.24) is 0 Å². The van der Waals surface area contributed by atoms with E-state index in [1.165, 1.54) is 64.2 Å². The lowest BCUT2D eigenvalue weighted by Gasteiger charge is -2.00. The lowest BCUT2D eigenvalue weighted by molar-refractivity contribution is 0.566. The van der Waals surface area contributed by atoms with Gasteiger partial charge < -0.3 is 0 Å². The van der Waals surface area contributed by atoms with Gasteiger partial charge >= 0.3 is 0 Å². The summed E-state index contributed by atoms with van der Waals surface area (Å²) in [7, 11) is 0. The maximum atomic E-state index is 3.29. The molecule has 0 rings (SSSR count). The summed E-state index contributed by atoms with van der Waals surface area (Å²) in [4.78, 5) is 1.97. The summed E-state index contributed by atoms with van der Waals surface area (Å²) < 4.78 is 0. The van der Waals surface area contributed by atoms with Crippen molar-refractivity contribution in [3.05, 3.63) is 11.1 Å². The zero-order valence-corrected chi connectivity index (χ0v) is 11.2. The molecule has 0 saturated carbocycles. The van der Waals surface area contributed by atoms with Gasteiger partial charge in [-0.1, -0.05) is 80.3 Å². The van der Waals surface area contributed by atoms with Crippen molar-refractivity contribution in [2.75, 3.05) is 0 Å². The minimum atomic E-state index is 1.24. The molecule has 0 aliphatic heterocycles. The topological polar surface area (TPSA) is 0 Å². The number of unbranched alkanes of at least 4 members (excludes halogenated alkanes) is 9. The van der Waals surface area contributed by atoms with Crippen molar-refractivity contribution in [3.63, 3.8) is 0 Å². The molecular formula is C13H25Br. The van der Waals surface area contributed by atoms with Crippen LogP contribution in [0, 0.1) is 0 Å². The third kappa shape index (κ3) is 12.2. The maximum Gasteiger partial charge on any atom is -0.0229 e. The van der Waals surface area contributed by atoms with Crippen LogP contribution in [0.1, 0.15) is 71.1 Å². The Kier molecular flexibility index (Phi) is 13.4. The Balaban J connectivity index is 2.85. The highest BCUT2D eigenvalue weighted by atomic mass is 79.9. The summed E-state index contributed by atoms with van der Waals surface area (Å²) in [6.45, 7) is 2.28. The quantitative estimate of drug-likeness (QED) is 0.435. The van der Waals surface area contributed by atoms with E-state index in [4.69, 9.17) is 0 Å². The fraction of sp³-hybridized carbons (Fsp3) is 0.846. The molecule has 0 N–H and O–H groups in total. The zero-order valence-electron chi connectivity index (χ0n) is 9.60. The van der Waals surface area contributed by atoms with E-state index in [-0.39, 0.29) is 0 Å². The summed E-state index contributed by atoms with van der Waals surface area (Å²) in [5.41, 5.74) is 0. The van der Waals surface area contributed by atoms with Crippen LogP contribution >= 0.6 is 15.9 Å².